The van der Waals surface area contributed by atoms with Crippen molar-refractivity contribution in [2.45, 2.75) is 13.3 Å². The van der Waals surface area contributed by atoms with Gasteiger partial charge in [-0.3, -0.25) is 0 Å². The minimum atomic E-state index is 0.471. The van der Waals surface area contributed by atoms with Crippen LogP contribution in [0.4, 0.5) is 17.5 Å². The number of nitrogens with zero attached hydrogens (tertiary/aromatic N) is 3. The van der Waals surface area contributed by atoms with Crippen LogP contribution in [0.5, 0.6) is 0 Å². The fraction of sp³-hybridized carbons (Fsp3) is 0.235. The maximum Gasteiger partial charge on any atom is 0.229 e. The van der Waals surface area contributed by atoms with Crippen molar-refractivity contribution in [1.29, 1.82) is 5.26 Å². The van der Waals surface area contributed by atoms with Gasteiger partial charge in [-0.25, -0.2) is 4.98 Å². The summed E-state index contributed by atoms with van der Waals surface area (Å²) < 4.78 is 0. The van der Waals surface area contributed by atoms with E-state index in [0.717, 1.165) is 30.0 Å². The number of aromatic nitrogens is 2. The lowest BCUT2D eigenvalue weighted by Crippen LogP contribution is -2.07. The van der Waals surface area contributed by atoms with Gasteiger partial charge in [0, 0.05) is 30.5 Å². The van der Waals surface area contributed by atoms with Crippen molar-refractivity contribution in [3.8, 4) is 6.07 Å². The van der Waals surface area contributed by atoms with E-state index in [-0.39, 0.29) is 0 Å². The Morgan fingerprint density at radius 1 is 1.30 bits per heavy atom. The Kier molecular flexibility index (Phi) is 6.09. The second-order valence-corrected chi connectivity index (χ2v) is 4.88. The molecule has 0 amide bonds. The molecule has 2 rings (SSSR count). The molecule has 0 radical (unpaired) electrons. The molecular weight excluding hydrogens is 288 g/mol. The summed E-state index contributed by atoms with van der Waals surface area (Å²) in [6.45, 7) is 3.40. The quantitative estimate of drug-likeness (QED) is 0.727. The molecule has 0 unspecified atom stereocenters. The van der Waals surface area contributed by atoms with Gasteiger partial charge in [-0.1, -0.05) is 19.1 Å². The predicted molar refractivity (Wildman–Crippen MR) is 93.3 cm³/mol. The molecular formula is C17H20N6. The second-order valence-electron chi connectivity index (χ2n) is 4.88. The summed E-state index contributed by atoms with van der Waals surface area (Å²) in [5.41, 5.74) is 7.84. The molecule has 0 fully saturated rings. The Hall–Kier alpha value is -2.91. The summed E-state index contributed by atoms with van der Waals surface area (Å²) in [6.07, 6.45) is 6.53. The zero-order valence-electron chi connectivity index (χ0n) is 13.1. The van der Waals surface area contributed by atoms with Crippen LogP contribution in [0.15, 0.2) is 36.5 Å². The highest BCUT2D eigenvalue weighted by Gasteiger charge is 2.05. The van der Waals surface area contributed by atoms with E-state index < -0.39 is 0 Å². The summed E-state index contributed by atoms with van der Waals surface area (Å²) >= 11 is 0. The Labute approximate surface area is 136 Å². The fourth-order valence-corrected chi connectivity index (χ4v) is 1.91. The molecule has 0 saturated heterocycles. The van der Waals surface area contributed by atoms with Crippen LogP contribution in [0.25, 0.3) is 6.08 Å². The lowest BCUT2D eigenvalue weighted by Gasteiger charge is -2.10. The molecule has 0 atom stereocenters. The first kappa shape index (κ1) is 16.5. The van der Waals surface area contributed by atoms with Crippen LogP contribution >= 0.6 is 0 Å². The van der Waals surface area contributed by atoms with E-state index in [2.05, 4.69) is 33.6 Å². The number of hydrogen-bond donors (Lipinski definition) is 3. The largest absolute Gasteiger partial charge is 0.369 e. The van der Waals surface area contributed by atoms with Gasteiger partial charge in [0.05, 0.1) is 11.6 Å². The third kappa shape index (κ3) is 4.80. The van der Waals surface area contributed by atoms with Crippen molar-refractivity contribution in [1.82, 2.24) is 9.97 Å². The van der Waals surface area contributed by atoms with Gasteiger partial charge >= 0.3 is 0 Å². The Bertz CT molecular complexity index is 700. The number of benzene rings is 1. The van der Waals surface area contributed by atoms with E-state index in [4.69, 9.17) is 11.0 Å². The molecule has 0 spiro atoms. The average molecular weight is 308 g/mol. The summed E-state index contributed by atoms with van der Waals surface area (Å²) in [5.74, 6) is 1.26. The van der Waals surface area contributed by atoms with Gasteiger partial charge in [-0.15, -0.1) is 0 Å². The molecule has 6 nitrogen and oxygen atoms in total. The van der Waals surface area contributed by atoms with Crippen molar-refractivity contribution < 1.29 is 0 Å². The molecule has 2 aromatic rings. The van der Waals surface area contributed by atoms with Gasteiger partial charge in [0.1, 0.15) is 5.82 Å². The van der Waals surface area contributed by atoms with Gasteiger partial charge in [0.25, 0.3) is 0 Å². The summed E-state index contributed by atoms with van der Waals surface area (Å²) in [7, 11) is 0. The molecule has 1 aromatic carbocycles. The van der Waals surface area contributed by atoms with E-state index in [1.807, 2.05) is 24.3 Å². The third-order valence-corrected chi connectivity index (χ3v) is 3.06. The van der Waals surface area contributed by atoms with Crippen LogP contribution in [0.3, 0.4) is 0 Å². The molecule has 0 aliphatic carbocycles. The van der Waals surface area contributed by atoms with E-state index >= 15 is 0 Å². The summed E-state index contributed by atoms with van der Waals surface area (Å²) in [6, 6.07) is 9.23. The molecule has 0 aliphatic heterocycles. The molecule has 23 heavy (non-hydrogen) atoms. The molecule has 1 aromatic heterocycles. The van der Waals surface area contributed by atoms with Crippen LogP contribution < -0.4 is 16.4 Å². The van der Waals surface area contributed by atoms with Crippen LogP contribution in [0, 0.1) is 11.3 Å². The maximum absolute atomic E-state index is 8.82. The molecule has 6 heteroatoms. The monoisotopic (exact) mass is 308 g/mol. The molecule has 0 saturated carbocycles. The Morgan fingerprint density at radius 3 is 2.74 bits per heavy atom. The first-order valence-corrected chi connectivity index (χ1v) is 7.51. The van der Waals surface area contributed by atoms with Gasteiger partial charge in [-0.2, -0.15) is 10.2 Å². The van der Waals surface area contributed by atoms with Crippen molar-refractivity contribution in [2.75, 3.05) is 23.7 Å². The first-order chi connectivity index (χ1) is 11.3. The predicted octanol–water partition coefficient (Wildman–Crippen LogP) is 2.89. The van der Waals surface area contributed by atoms with Crippen molar-refractivity contribution in [3.63, 3.8) is 0 Å². The maximum atomic E-state index is 8.82. The Morgan fingerprint density at radius 2 is 2.09 bits per heavy atom. The van der Waals surface area contributed by atoms with Crippen LogP contribution in [0.2, 0.25) is 0 Å². The van der Waals surface area contributed by atoms with E-state index in [1.54, 1.807) is 18.3 Å². The topological polar surface area (TPSA) is 99.6 Å². The highest BCUT2D eigenvalue weighted by Crippen LogP contribution is 2.19. The van der Waals surface area contributed by atoms with E-state index in [9.17, 15) is 0 Å². The van der Waals surface area contributed by atoms with Crippen molar-refractivity contribution in [2.24, 2.45) is 5.73 Å². The van der Waals surface area contributed by atoms with E-state index in [1.165, 1.54) is 0 Å². The van der Waals surface area contributed by atoms with E-state index in [0.29, 0.717) is 18.1 Å². The third-order valence-electron chi connectivity index (χ3n) is 3.06. The highest BCUT2D eigenvalue weighted by molar-refractivity contribution is 5.65. The Balaban J connectivity index is 2.21. The van der Waals surface area contributed by atoms with Gasteiger partial charge in [-0.05, 0) is 30.7 Å². The number of nitriles is 1. The van der Waals surface area contributed by atoms with Gasteiger partial charge < -0.3 is 16.4 Å². The van der Waals surface area contributed by atoms with Crippen molar-refractivity contribution in [3.05, 3.63) is 47.7 Å². The van der Waals surface area contributed by atoms with Crippen LogP contribution in [0.1, 0.15) is 24.5 Å². The fourth-order valence-electron chi connectivity index (χ4n) is 1.91. The van der Waals surface area contributed by atoms with Crippen LogP contribution in [-0.2, 0) is 0 Å². The smallest absolute Gasteiger partial charge is 0.229 e. The minimum Gasteiger partial charge on any atom is -0.369 e. The van der Waals surface area contributed by atoms with Gasteiger partial charge in [0.15, 0.2) is 0 Å². The van der Waals surface area contributed by atoms with Crippen LogP contribution in [-0.4, -0.2) is 23.1 Å². The number of anilines is 3. The van der Waals surface area contributed by atoms with Gasteiger partial charge in [0.2, 0.25) is 5.95 Å². The lowest BCUT2D eigenvalue weighted by molar-refractivity contribution is 0.964. The molecule has 0 bridgehead atoms. The summed E-state index contributed by atoms with van der Waals surface area (Å²) in [5, 5.41) is 15.2. The minimum absolute atomic E-state index is 0.471. The number of rotatable bonds is 7. The molecule has 4 N–H and O–H groups in total. The average Bonchev–Trinajstić information content (AvgIpc) is 2.59. The standard InChI is InChI=1S/C17H20N6/c1-2-10-20-16-14(4-3-9-18)12-21-17(23-16)22-15-7-5-13(11-19)6-8-15/h3-8,12H,2,9-10,18H2,1H3,(H2,20,21,22,23). The zero-order chi connectivity index (χ0) is 16.5. The number of nitrogens with one attached hydrogen (secondary N) is 2. The normalized spacial score (nSPS) is 10.5. The number of nitrogens with two attached hydrogens (primary N) is 1. The molecule has 0 aliphatic rings. The highest BCUT2D eigenvalue weighted by atomic mass is 15.1. The molecule has 118 valence electrons. The lowest BCUT2D eigenvalue weighted by atomic mass is 10.2. The first-order valence-electron chi connectivity index (χ1n) is 7.51. The second kappa shape index (κ2) is 8.51. The van der Waals surface area contributed by atoms with Crippen molar-refractivity contribution >= 4 is 23.5 Å². The SMILES string of the molecule is CCCNc1nc(Nc2ccc(C#N)cc2)ncc1C=CCN. The number of hydrogen-bond acceptors (Lipinski definition) is 6. The zero-order valence-corrected chi connectivity index (χ0v) is 13.1. The molecule has 1 heterocycles. The summed E-state index contributed by atoms with van der Waals surface area (Å²) in [4.78, 5) is 8.83.